The van der Waals surface area contributed by atoms with E-state index in [4.69, 9.17) is 9.47 Å². The summed E-state index contributed by atoms with van der Waals surface area (Å²) in [6, 6.07) is 0. The summed E-state index contributed by atoms with van der Waals surface area (Å²) in [5.41, 5.74) is 5.62. The minimum absolute atomic E-state index is 0.0136. The Kier molecular flexibility index (Phi) is 4.09. The average Bonchev–Trinajstić information content (AvgIpc) is 3.40. The molecule has 0 aromatic heterocycles. The van der Waals surface area contributed by atoms with E-state index in [1.165, 1.54) is 36.0 Å². The van der Waals surface area contributed by atoms with Gasteiger partial charge in [-0.25, -0.2) is 4.79 Å². The predicted molar refractivity (Wildman–Crippen MR) is 128 cm³/mol. The van der Waals surface area contributed by atoms with Crippen LogP contribution in [0, 0.1) is 46.3 Å². The first kappa shape index (κ1) is 21.2. The Morgan fingerprint density at radius 2 is 1.85 bits per heavy atom. The van der Waals surface area contributed by atoms with Crippen molar-refractivity contribution in [2.24, 2.45) is 46.3 Å². The van der Waals surface area contributed by atoms with Crippen LogP contribution in [0.3, 0.4) is 0 Å². The molecule has 180 valence electrons. The molecule has 0 radical (unpaired) electrons. The van der Waals surface area contributed by atoms with E-state index < -0.39 is 5.41 Å². The summed E-state index contributed by atoms with van der Waals surface area (Å²) in [6.07, 6.45) is 10.9. The van der Waals surface area contributed by atoms with Gasteiger partial charge >= 0.3 is 11.9 Å². The zero-order chi connectivity index (χ0) is 23.7. The molecule has 4 nitrogen and oxygen atoms in total. The Labute approximate surface area is 202 Å². The number of fused-ring (bicyclic) bond motifs is 5. The lowest BCUT2D eigenvalue weighted by Crippen LogP contribution is -2.45. The van der Waals surface area contributed by atoms with E-state index in [-0.39, 0.29) is 47.3 Å². The number of ether oxygens (including phenoxy) is 2. The summed E-state index contributed by atoms with van der Waals surface area (Å²) in [5, 5.41) is 0. The Morgan fingerprint density at radius 3 is 2.65 bits per heavy atom. The first-order valence-electron chi connectivity index (χ1n) is 13.4. The van der Waals surface area contributed by atoms with Crippen molar-refractivity contribution in [3.05, 3.63) is 46.6 Å². The molecule has 4 heteroatoms. The Balaban J connectivity index is 1.38. The van der Waals surface area contributed by atoms with Gasteiger partial charge in [-0.2, -0.15) is 0 Å². The molecule has 34 heavy (non-hydrogen) atoms. The number of rotatable bonds is 0. The van der Waals surface area contributed by atoms with Gasteiger partial charge in [-0.1, -0.05) is 61.3 Å². The zero-order valence-corrected chi connectivity index (χ0v) is 20.9. The van der Waals surface area contributed by atoms with Crippen LogP contribution in [0.1, 0.15) is 66.2 Å². The molecule has 2 heterocycles. The standard InChI is InChI=1S/C30H36O4/c1-14-7-6-8-19-17(4)26-23(11-20(14)19)30(28(32)34-26)13-29-12-21-18(5)27(31)33-24(21)9-15(2)25(29)22(30)10-16(29)3/h10-11,14,17,19,21-24,26H,5-9,12-13H2,1-4H3. The molecule has 2 aliphatic heterocycles. The summed E-state index contributed by atoms with van der Waals surface area (Å²) in [7, 11) is 0. The summed E-state index contributed by atoms with van der Waals surface area (Å²) in [4.78, 5) is 26.4. The SMILES string of the molecule is C=C1C(=O)OC2CC(C)=C3C4C=C(C)C3(CC12)CC41C(=O)OC2C(C)C3CCCC(C)C3=CC21. The fourth-order valence-corrected chi connectivity index (χ4v) is 9.74. The molecule has 10 atom stereocenters. The van der Waals surface area contributed by atoms with Gasteiger partial charge in [0.1, 0.15) is 12.2 Å². The maximum Gasteiger partial charge on any atom is 0.334 e. The highest BCUT2D eigenvalue weighted by Gasteiger charge is 2.74. The van der Waals surface area contributed by atoms with Gasteiger partial charge in [-0.05, 0) is 51.4 Å². The van der Waals surface area contributed by atoms with Crippen LogP contribution >= 0.6 is 0 Å². The van der Waals surface area contributed by atoms with Crippen LogP contribution in [0.5, 0.6) is 0 Å². The molecular formula is C30H36O4. The van der Waals surface area contributed by atoms with Crippen molar-refractivity contribution in [2.45, 2.75) is 78.4 Å². The highest BCUT2D eigenvalue weighted by Crippen LogP contribution is 2.75. The molecule has 0 aromatic rings. The molecule has 2 saturated carbocycles. The third-order valence-electron chi connectivity index (χ3n) is 11.3. The molecule has 0 amide bonds. The highest BCUT2D eigenvalue weighted by molar-refractivity contribution is 5.91. The van der Waals surface area contributed by atoms with Crippen LogP contribution in [-0.2, 0) is 19.1 Å². The number of allylic oxidation sites excluding steroid dienone is 4. The molecule has 1 spiro atoms. The topological polar surface area (TPSA) is 52.6 Å². The summed E-state index contributed by atoms with van der Waals surface area (Å²) in [6.45, 7) is 13.3. The first-order chi connectivity index (χ1) is 16.2. The van der Waals surface area contributed by atoms with Gasteiger partial charge in [0.25, 0.3) is 0 Å². The fourth-order valence-electron chi connectivity index (χ4n) is 9.74. The van der Waals surface area contributed by atoms with Crippen molar-refractivity contribution in [3.63, 3.8) is 0 Å². The van der Waals surface area contributed by atoms with E-state index in [0.29, 0.717) is 23.3 Å². The Bertz CT molecular complexity index is 1140. The smallest absolute Gasteiger partial charge is 0.334 e. The second-order valence-corrected chi connectivity index (χ2v) is 12.7. The molecule has 0 aromatic carbocycles. The van der Waals surface area contributed by atoms with Crippen LogP contribution in [0.15, 0.2) is 46.6 Å². The summed E-state index contributed by atoms with van der Waals surface area (Å²) < 4.78 is 12.1. The van der Waals surface area contributed by atoms with Crippen LogP contribution < -0.4 is 0 Å². The molecule has 10 unspecified atom stereocenters. The Hall–Kier alpha value is -2.10. The minimum atomic E-state index is -0.512. The first-order valence-corrected chi connectivity index (χ1v) is 13.4. The minimum Gasteiger partial charge on any atom is -0.461 e. The lowest BCUT2D eigenvalue weighted by Gasteiger charge is -2.45. The molecule has 7 rings (SSSR count). The van der Waals surface area contributed by atoms with Crippen LogP contribution in [-0.4, -0.2) is 24.1 Å². The summed E-state index contributed by atoms with van der Waals surface area (Å²) >= 11 is 0. The van der Waals surface area contributed by atoms with Gasteiger partial charge in [-0.15, -0.1) is 0 Å². The molecule has 2 saturated heterocycles. The molecule has 5 aliphatic carbocycles. The highest BCUT2D eigenvalue weighted by atomic mass is 16.6. The monoisotopic (exact) mass is 460 g/mol. The van der Waals surface area contributed by atoms with Crippen LogP contribution in [0.25, 0.3) is 0 Å². The molecule has 4 fully saturated rings. The van der Waals surface area contributed by atoms with E-state index in [9.17, 15) is 9.59 Å². The van der Waals surface area contributed by atoms with E-state index in [1.54, 1.807) is 5.57 Å². The maximum atomic E-state index is 14.0. The second-order valence-electron chi connectivity index (χ2n) is 12.7. The number of hydrogen-bond acceptors (Lipinski definition) is 4. The number of esters is 2. The average molecular weight is 461 g/mol. The Morgan fingerprint density at radius 1 is 1.06 bits per heavy atom. The van der Waals surface area contributed by atoms with Crippen molar-refractivity contribution in [2.75, 3.05) is 0 Å². The van der Waals surface area contributed by atoms with Crippen molar-refractivity contribution in [1.29, 1.82) is 0 Å². The molecule has 7 aliphatic rings. The van der Waals surface area contributed by atoms with Crippen LogP contribution in [0.4, 0.5) is 0 Å². The van der Waals surface area contributed by atoms with Crippen LogP contribution in [0.2, 0.25) is 0 Å². The number of carbonyl (C=O) groups is 2. The van der Waals surface area contributed by atoms with Gasteiger partial charge in [0.15, 0.2) is 0 Å². The largest absolute Gasteiger partial charge is 0.461 e. The lowest BCUT2D eigenvalue weighted by atomic mass is 9.56. The van der Waals surface area contributed by atoms with Crippen molar-refractivity contribution < 1.29 is 19.1 Å². The van der Waals surface area contributed by atoms with E-state index in [1.807, 2.05) is 0 Å². The second kappa shape index (κ2) is 6.56. The number of hydrogen-bond donors (Lipinski definition) is 0. The predicted octanol–water partition coefficient (Wildman–Crippen LogP) is 5.70. The summed E-state index contributed by atoms with van der Waals surface area (Å²) in [5.74, 6) is 1.57. The van der Waals surface area contributed by atoms with Gasteiger partial charge in [-0.3, -0.25) is 4.79 Å². The number of carbonyl (C=O) groups excluding carboxylic acids is 2. The normalized spacial score (nSPS) is 50.8. The van der Waals surface area contributed by atoms with E-state index in [2.05, 4.69) is 46.4 Å². The fraction of sp³-hybridized carbons (Fsp3) is 0.667. The molecular weight excluding hydrogens is 424 g/mol. The van der Waals surface area contributed by atoms with Gasteiger partial charge in [0.05, 0.1) is 5.41 Å². The third-order valence-corrected chi connectivity index (χ3v) is 11.3. The zero-order valence-electron chi connectivity index (χ0n) is 20.9. The van der Waals surface area contributed by atoms with Crippen molar-refractivity contribution in [1.82, 2.24) is 0 Å². The molecule has 0 N–H and O–H groups in total. The molecule has 2 bridgehead atoms. The van der Waals surface area contributed by atoms with E-state index >= 15 is 0 Å². The quantitative estimate of drug-likeness (QED) is 0.264. The van der Waals surface area contributed by atoms with Gasteiger partial charge in [0, 0.05) is 41.1 Å². The van der Waals surface area contributed by atoms with Crippen molar-refractivity contribution in [3.8, 4) is 0 Å². The van der Waals surface area contributed by atoms with Gasteiger partial charge in [0.2, 0.25) is 0 Å². The third kappa shape index (κ3) is 2.27. The van der Waals surface area contributed by atoms with E-state index in [0.717, 1.165) is 19.3 Å². The van der Waals surface area contributed by atoms with Crippen molar-refractivity contribution >= 4 is 11.9 Å². The lowest BCUT2D eigenvalue weighted by molar-refractivity contribution is -0.151. The maximum absolute atomic E-state index is 14.0. The van der Waals surface area contributed by atoms with Gasteiger partial charge < -0.3 is 9.47 Å².